The monoisotopic (exact) mass is 748 g/mol. The summed E-state index contributed by atoms with van der Waals surface area (Å²) < 4.78 is 6.33. The Labute approximate surface area is 315 Å². The number of carbonyl (C=O) groups excluding carboxylic acids is 3. The maximum atomic E-state index is 13.7. The average molecular weight is 749 g/mol. The van der Waals surface area contributed by atoms with Crippen LogP contribution in [0.4, 0.5) is 0 Å². The molecule has 2 aliphatic heterocycles. The van der Waals surface area contributed by atoms with E-state index in [-0.39, 0.29) is 74.2 Å². The average Bonchev–Trinajstić information content (AvgIpc) is 3.51. The van der Waals surface area contributed by atoms with Gasteiger partial charge in [-0.2, -0.15) is 0 Å². The molecule has 2 aromatic carbocycles. The number of phenolic OH excluding ortho intramolecular Hbond substituents is 3. The molecule has 4 heterocycles. The summed E-state index contributed by atoms with van der Waals surface area (Å²) in [6, 6.07) is 4.32. The first kappa shape index (κ1) is 37.2. The molecule has 7 N–H and O–H groups in total. The molecular formula is C29H23N7NaO12S2+. The van der Waals surface area contributed by atoms with Crippen molar-refractivity contribution in [3.8, 4) is 17.2 Å². The van der Waals surface area contributed by atoms with Gasteiger partial charge >= 0.3 is 41.5 Å². The van der Waals surface area contributed by atoms with E-state index in [1.165, 1.54) is 24.3 Å². The Bertz CT molecular complexity index is 2170. The van der Waals surface area contributed by atoms with Gasteiger partial charge in [0.05, 0.1) is 5.39 Å². The molecule has 0 bridgehead atoms. The number of hydrogen-bond donors (Lipinski definition) is 7. The Morgan fingerprint density at radius 2 is 1.76 bits per heavy atom. The largest absolute Gasteiger partial charge is 1.00 e. The molecule has 2 aromatic heterocycles. The molecule has 258 valence electrons. The Kier molecular flexibility index (Phi) is 11.0. The van der Waals surface area contributed by atoms with Gasteiger partial charge in [-0.25, -0.2) is 9.48 Å². The first-order chi connectivity index (χ1) is 23.8. The topological polar surface area (TPSA) is 288 Å². The van der Waals surface area contributed by atoms with Crippen molar-refractivity contribution < 1.29 is 83.5 Å². The second kappa shape index (κ2) is 15.0. The van der Waals surface area contributed by atoms with E-state index in [0.717, 1.165) is 51.5 Å². The van der Waals surface area contributed by atoms with Crippen molar-refractivity contribution in [3.05, 3.63) is 75.3 Å². The van der Waals surface area contributed by atoms with E-state index in [0.29, 0.717) is 5.57 Å². The van der Waals surface area contributed by atoms with Crippen LogP contribution in [0.3, 0.4) is 0 Å². The number of nitrogens with zero attached hydrogens (tertiary/aromatic N) is 5. The number of aromatic nitrogens is 4. The van der Waals surface area contributed by atoms with E-state index in [9.17, 15) is 49.2 Å². The van der Waals surface area contributed by atoms with Gasteiger partial charge in [-0.15, -0.1) is 16.9 Å². The van der Waals surface area contributed by atoms with Gasteiger partial charge in [0.25, 0.3) is 11.8 Å². The Balaban J connectivity index is 0.00000504. The molecule has 1 saturated heterocycles. The van der Waals surface area contributed by atoms with E-state index < -0.39 is 76.2 Å². The van der Waals surface area contributed by atoms with Crippen LogP contribution >= 0.6 is 23.5 Å². The molecule has 0 aliphatic carbocycles. The second-order valence-electron chi connectivity index (χ2n) is 10.8. The molecule has 3 amide bonds. The third kappa shape index (κ3) is 7.37. The molecule has 0 spiro atoms. The number of amides is 3. The van der Waals surface area contributed by atoms with Crippen molar-refractivity contribution >= 4 is 64.2 Å². The molecule has 0 saturated carbocycles. The standard InChI is InChI=1S/C29H23N7O12S2.Na/c37-13-3-1-11(2-4-13)20(30-24(43)15-8-48-18-6-17(39)16(38)5-14(18)23(15)42)25(44)31-21-26(45)36-22(28(46)47)12(9-49-27(21)36)10-50-29-32-33-34-35(29)7-19(40)41;/h1-6,8,20-21,27,37-39H,7,9-10H2,(H,30,43)(H,31,44)(H,40,41)(H,46,47);/q;+1. The molecular weight excluding hydrogens is 725 g/mol. The summed E-state index contributed by atoms with van der Waals surface area (Å²) >= 11 is 2.15. The van der Waals surface area contributed by atoms with Crippen LogP contribution in [0.15, 0.2) is 68.3 Å². The van der Waals surface area contributed by atoms with Crippen molar-refractivity contribution in [1.29, 1.82) is 0 Å². The molecule has 6 rings (SSSR count). The minimum Gasteiger partial charge on any atom is -0.508 e. The smallest absolute Gasteiger partial charge is 0.508 e. The molecule has 1 fully saturated rings. The predicted molar refractivity (Wildman–Crippen MR) is 170 cm³/mol. The number of nitrogens with one attached hydrogen (secondary N) is 2. The number of thioether (sulfide) groups is 2. The van der Waals surface area contributed by atoms with Gasteiger partial charge in [0.2, 0.25) is 16.5 Å². The number of carbonyl (C=O) groups is 5. The number of benzene rings is 2. The van der Waals surface area contributed by atoms with Crippen LogP contribution in [0.5, 0.6) is 17.2 Å². The molecule has 4 aromatic rings. The van der Waals surface area contributed by atoms with Gasteiger partial charge in [-0.05, 0) is 39.8 Å². The normalized spacial score (nSPS) is 17.2. The summed E-state index contributed by atoms with van der Waals surface area (Å²) in [5.74, 6) is -6.51. The fraction of sp³-hybridized carbons (Fsp3) is 0.207. The summed E-state index contributed by atoms with van der Waals surface area (Å²) in [5.41, 5.74) is -1.38. The van der Waals surface area contributed by atoms with Gasteiger partial charge in [-0.1, -0.05) is 23.9 Å². The predicted octanol–water partition coefficient (Wildman–Crippen LogP) is -3.01. The van der Waals surface area contributed by atoms with Crippen molar-refractivity contribution in [2.45, 2.75) is 29.2 Å². The number of tetrazole rings is 1. The van der Waals surface area contributed by atoms with Gasteiger partial charge in [0, 0.05) is 17.6 Å². The zero-order valence-electron chi connectivity index (χ0n) is 26.0. The van der Waals surface area contributed by atoms with Crippen molar-refractivity contribution in [2.75, 3.05) is 11.5 Å². The Morgan fingerprint density at radius 1 is 1.06 bits per heavy atom. The quantitative estimate of drug-likeness (QED) is 0.0348. The Hall–Kier alpha value is -5.09. The molecule has 3 atom stereocenters. The Morgan fingerprint density at radius 3 is 2.45 bits per heavy atom. The summed E-state index contributed by atoms with van der Waals surface area (Å²) in [5, 5.41) is 63.2. The van der Waals surface area contributed by atoms with Crippen LogP contribution in [-0.2, 0) is 25.7 Å². The second-order valence-corrected chi connectivity index (χ2v) is 12.8. The van der Waals surface area contributed by atoms with Crippen molar-refractivity contribution in [1.82, 2.24) is 35.7 Å². The minimum absolute atomic E-state index is 0. The zero-order chi connectivity index (χ0) is 35.9. The SMILES string of the molecule is O=C(O)Cn1nnnc1SCC1=C(C(=O)O)N2C(=O)C(NC(=O)C(NC(=O)c3coc4cc(O)c(O)cc4c3=O)c3ccc(O)cc3)C2SC1.[Na+]. The van der Waals surface area contributed by atoms with E-state index >= 15 is 0 Å². The molecule has 19 nitrogen and oxygen atoms in total. The van der Waals surface area contributed by atoms with Crippen LogP contribution in [-0.4, -0.2) is 103 Å². The van der Waals surface area contributed by atoms with Crippen LogP contribution in [0.2, 0.25) is 0 Å². The molecule has 51 heavy (non-hydrogen) atoms. The number of aromatic hydroxyl groups is 3. The first-order valence-electron chi connectivity index (χ1n) is 14.2. The number of phenols is 3. The van der Waals surface area contributed by atoms with Crippen LogP contribution in [0.25, 0.3) is 11.0 Å². The zero-order valence-corrected chi connectivity index (χ0v) is 29.7. The number of fused-ring (bicyclic) bond motifs is 2. The third-order valence-corrected chi connectivity index (χ3v) is 9.97. The van der Waals surface area contributed by atoms with E-state index in [2.05, 4.69) is 26.2 Å². The van der Waals surface area contributed by atoms with Gasteiger partial charge < -0.3 is 40.6 Å². The number of aliphatic carboxylic acids is 2. The van der Waals surface area contributed by atoms with Crippen LogP contribution in [0.1, 0.15) is 22.0 Å². The van der Waals surface area contributed by atoms with Crippen molar-refractivity contribution in [2.24, 2.45) is 0 Å². The van der Waals surface area contributed by atoms with E-state index in [1.54, 1.807) is 0 Å². The van der Waals surface area contributed by atoms with Gasteiger partial charge in [0.15, 0.2) is 11.5 Å². The fourth-order valence-electron chi connectivity index (χ4n) is 5.20. The summed E-state index contributed by atoms with van der Waals surface area (Å²) in [4.78, 5) is 77.9. The maximum absolute atomic E-state index is 13.7. The molecule has 3 unspecified atom stereocenters. The first-order valence-corrected chi connectivity index (χ1v) is 16.3. The molecule has 0 radical (unpaired) electrons. The number of β-lactam (4-membered cyclic amide) rings is 1. The summed E-state index contributed by atoms with van der Waals surface area (Å²) in [6.45, 7) is -0.514. The molecule has 2 aliphatic rings. The van der Waals surface area contributed by atoms with E-state index in [4.69, 9.17) is 9.52 Å². The summed E-state index contributed by atoms with van der Waals surface area (Å²) in [7, 11) is 0. The fourth-order valence-corrected chi connectivity index (χ4v) is 7.56. The van der Waals surface area contributed by atoms with Crippen LogP contribution in [0, 0.1) is 0 Å². The number of rotatable bonds is 11. The molecule has 22 heteroatoms. The van der Waals surface area contributed by atoms with Crippen LogP contribution < -0.4 is 45.6 Å². The minimum atomic E-state index is -1.53. The maximum Gasteiger partial charge on any atom is 1.00 e. The van der Waals surface area contributed by atoms with Crippen molar-refractivity contribution in [3.63, 3.8) is 0 Å². The third-order valence-electron chi connectivity index (χ3n) is 7.59. The number of carboxylic acid groups (broad SMARTS) is 2. The number of hydrogen-bond acceptors (Lipinski definition) is 15. The van der Waals surface area contributed by atoms with Gasteiger partial charge in [-0.3, -0.25) is 28.9 Å². The van der Waals surface area contributed by atoms with Gasteiger partial charge in [0.1, 0.15) is 52.9 Å². The van der Waals surface area contributed by atoms with E-state index in [1.807, 2.05) is 0 Å². The summed E-state index contributed by atoms with van der Waals surface area (Å²) in [6.07, 6.45) is 0.816. The number of carboxylic acids is 2.